The molecule has 0 spiro atoms. The molecule has 5 nitrogen and oxygen atoms in total. The van der Waals surface area contributed by atoms with Gasteiger partial charge in [0.2, 0.25) is 5.91 Å². The van der Waals surface area contributed by atoms with Gasteiger partial charge in [0.15, 0.2) is 0 Å². The first kappa shape index (κ1) is 8.38. The number of amides is 1. The van der Waals surface area contributed by atoms with Crippen LogP contribution in [0.5, 0.6) is 0 Å². The van der Waals surface area contributed by atoms with Gasteiger partial charge in [-0.25, -0.2) is 4.31 Å². The number of rotatable bonds is 1. The topological polar surface area (TPSA) is 74.7 Å². The summed E-state index contributed by atoms with van der Waals surface area (Å²) in [5.74, 6) is -0.725. The van der Waals surface area contributed by atoms with E-state index in [9.17, 15) is 13.2 Å². The second kappa shape index (κ2) is 2.32. The van der Waals surface area contributed by atoms with Crippen LogP contribution >= 0.6 is 0 Å². The Bertz CT molecular complexity index is 206. The molecule has 0 saturated carbocycles. The Kier molecular flexibility index (Phi) is 2.16. The fourth-order valence-corrected chi connectivity index (χ4v) is 0.487. The molecule has 0 aromatic carbocycles. The molecular weight excluding hydrogens is 146 g/mol. The summed E-state index contributed by atoms with van der Waals surface area (Å²) >= 11 is 0. The van der Waals surface area contributed by atoms with Crippen LogP contribution in [0.4, 0.5) is 0 Å². The molecule has 0 bridgehead atoms. The van der Waals surface area contributed by atoms with E-state index in [1.165, 1.54) is 0 Å². The van der Waals surface area contributed by atoms with Gasteiger partial charge in [0, 0.05) is 14.0 Å². The molecular formula is C3H7NO4S. The smallest absolute Gasteiger partial charge is 0.274 e. The van der Waals surface area contributed by atoms with E-state index in [2.05, 4.69) is 0 Å². The van der Waals surface area contributed by atoms with Crippen LogP contribution in [-0.4, -0.2) is 30.2 Å². The SMILES string of the molecule is CC(=O)N(C)S(=O)(=O)O. The molecule has 0 atom stereocenters. The molecule has 0 saturated heterocycles. The maximum absolute atomic E-state index is 10.2. The Morgan fingerprint density at radius 3 is 1.89 bits per heavy atom. The highest BCUT2D eigenvalue weighted by molar-refractivity contribution is 7.83. The first-order chi connectivity index (χ1) is 3.85. The number of nitrogens with zero attached hydrogens (tertiary/aromatic N) is 1. The molecule has 54 valence electrons. The van der Waals surface area contributed by atoms with Crippen LogP contribution in [0.2, 0.25) is 0 Å². The summed E-state index contributed by atoms with van der Waals surface area (Å²) in [6.45, 7) is 1.04. The molecule has 0 aromatic rings. The predicted octanol–water partition coefficient (Wildman–Crippen LogP) is -0.732. The molecule has 0 unspecified atom stereocenters. The Hall–Kier alpha value is -0.620. The minimum Gasteiger partial charge on any atom is -0.274 e. The van der Waals surface area contributed by atoms with E-state index in [0.717, 1.165) is 14.0 Å². The van der Waals surface area contributed by atoms with Crippen LogP contribution < -0.4 is 0 Å². The average molecular weight is 153 g/mol. The largest absolute Gasteiger partial charge is 0.361 e. The van der Waals surface area contributed by atoms with Crippen molar-refractivity contribution in [3.05, 3.63) is 0 Å². The number of carbonyl (C=O) groups is 1. The molecule has 0 fully saturated rings. The highest BCUT2D eigenvalue weighted by Gasteiger charge is 2.14. The Morgan fingerprint density at radius 1 is 1.56 bits per heavy atom. The fourth-order valence-electron chi connectivity index (χ4n) is 0.162. The van der Waals surface area contributed by atoms with Crippen molar-refractivity contribution in [3.63, 3.8) is 0 Å². The maximum Gasteiger partial charge on any atom is 0.361 e. The first-order valence-electron chi connectivity index (χ1n) is 2.07. The molecule has 0 aliphatic carbocycles. The Balaban J connectivity index is 4.43. The van der Waals surface area contributed by atoms with Crippen LogP contribution in [0.15, 0.2) is 0 Å². The van der Waals surface area contributed by atoms with E-state index >= 15 is 0 Å². The molecule has 1 N–H and O–H groups in total. The van der Waals surface area contributed by atoms with Crippen LogP contribution in [0.25, 0.3) is 0 Å². The van der Waals surface area contributed by atoms with Gasteiger partial charge in [-0.15, -0.1) is 0 Å². The second-order valence-corrected chi connectivity index (χ2v) is 2.91. The summed E-state index contributed by atoms with van der Waals surface area (Å²) in [5, 5.41) is 0. The normalized spacial score (nSPS) is 11.0. The minimum atomic E-state index is -4.32. The molecule has 9 heavy (non-hydrogen) atoms. The minimum absolute atomic E-state index is 0.243. The lowest BCUT2D eigenvalue weighted by Crippen LogP contribution is -2.30. The van der Waals surface area contributed by atoms with E-state index in [4.69, 9.17) is 4.55 Å². The van der Waals surface area contributed by atoms with Gasteiger partial charge in [-0.3, -0.25) is 9.35 Å². The molecule has 0 aromatic heterocycles. The van der Waals surface area contributed by atoms with Crippen LogP contribution in [0.1, 0.15) is 6.92 Å². The zero-order valence-corrected chi connectivity index (χ0v) is 5.84. The third kappa shape index (κ3) is 2.43. The summed E-state index contributed by atoms with van der Waals surface area (Å²) in [4.78, 5) is 10.2. The second-order valence-electron chi connectivity index (χ2n) is 1.46. The molecule has 0 aliphatic heterocycles. The third-order valence-electron chi connectivity index (χ3n) is 0.790. The van der Waals surface area contributed by atoms with Crippen LogP contribution in [0.3, 0.4) is 0 Å². The van der Waals surface area contributed by atoms with Gasteiger partial charge in [0.1, 0.15) is 0 Å². The zero-order chi connectivity index (χ0) is 7.65. The van der Waals surface area contributed by atoms with Crippen molar-refractivity contribution in [2.75, 3.05) is 7.05 Å². The quantitative estimate of drug-likeness (QED) is 0.504. The van der Waals surface area contributed by atoms with Crippen molar-refractivity contribution >= 4 is 16.2 Å². The Labute approximate surface area is 53.2 Å². The number of carbonyl (C=O) groups excluding carboxylic acids is 1. The van der Waals surface area contributed by atoms with Gasteiger partial charge in [-0.05, 0) is 0 Å². The highest BCUT2D eigenvalue weighted by atomic mass is 32.2. The molecule has 0 aliphatic rings. The lowest BCUT2D eigenvalue weighted by atomic mass is 10.7. The van der Waals surface area contributed by atoms with Crippen molar-refractivity contribution in [2.45, 2.75) is 6.92 Å². The maximum atomic E-state index is 10.2. The lowest BCUT2D eigenvalue weighted by molar-refractivity contribution is -0.123. The van der Waals surface area contributed by atoms with Gasteiger partial charge >= 0.3 is 10.3 Å². The summed E-state index contributed by atoms with van der Waals surface area (Å²) in [7, 11) is -3.35. The first-order valence-corrected chi connectivity index (χ1v) is 3.47. The molecule has 0 rings (SSSR count). The van der Waals surface area contributed by atoms with Crippen molar-refractivity contribution < 1.29 is 17.8 Å². The lowest BCUT2D eigenvalue weighted by Gasteiger charge is -2.07. The van der Waals surface area contributed by atoms with Gasteiger partial charge in [-0.2, -0.15) is 8.42 Å². The predicted molar refractivity (Wildman–Crippen MR) is 30.0 cm³/mol. The van der Waals surface area contributed by atoms with E-state index in [1.54, 1.807) is 0 Å². The zero-order valence-electron chi connectivity index (χ0n) is 5.03. The Morgan fingerprint density at radius 2 is 1.89 bits per heavy atom. The van der Waals surface area contributed by atoms with Crippen molar-refractivity contribution in [1.82, 2.24) is 4.31 Å². The summed E-state index contributed by atoms with van der Waals surface area (Å²) in [6.07, 6.45) is 0. The fraction of sp³-hybridized carbons (Fsp3) is 0.667. The molecule has 1 amide bonds. The van der Waals surface area contributed by atoms with E-state index in [-0.39, 0.29) is 4.31 Å². The molecule has 0 heterocycles. The summed E-state index contributed by atoms with van der Waals surface area (Å²) in [5.41, 5.74) is 0. The van der Waals surface area contributed by atoms with Gasteiger partial charge in [-0.1, -0.05) is 0 Å². The summed E-state index contributed by atoms with van der Waals surface area (Å²) < 4.78 is 28.4. The van der Waals surface area contributed by atoms with E-state index < -0.39 is 16.2 Å². The highest BCUT2D eigenvalue weighted by Crippen LogP contribution is 1.90. The average Bonchev–Trinajstić information content (AvgIpc) is 1.62. The number of hydrogen-bond acceptors (Lipinski definition) is 3. The van der Waals surface area contributed by atoms with Crippen molar-refractivity contribution in [3.8, 4) is 0 Å². The summed E-state index contributed by atoms with van der Waals surface area (Å²) in [6, 6.07) is 0. The van der Waals surface area contributed by atoms with E-state index in [1.807, 2.05) is 0 Å². The van der Waals surface area contributed by atoms with Crippen LogP contribution in [-0.2, 0) is 15.1 Å². The van der Waals surface area contributed by atoms with Gasteiger partial charge in [0.25, 0.3) is 0 Å². The molecule has 0 radical (unpaired) electrons. The monoisotopic (exact) mass is 153 g/mol. The number of hydrogen-bond donors (Lipinski definition) is 1. The van der Waals surface area contributed by atoms with Gasteiger partial charge < -0.3 is 0 Å². The molecule has 6 heteroatoms. The van der Waals surface area contributed by atoms with Gasteiger partial charge in [0.05, 0.1) is 0 Å². The van der Waals surface area contributed by atoms with E-state index in [0.29, 0.717) is 0 Å². The standard InChI is InChI=1S/C3H7NO4S/c1-3(5)4(2)9(6,7)8/h1-2H3,(H,6,7,8). The van der Waals surface area contributed by atoms with Crippen molar-refractivity contribution in [1.29, 1.82) is 0 Å². The van der Waals surface area contributed by atoms with Crippen molar-refractivity contribution in [2.24, 2.45) is 0 Å². The third-order valence-corrected chi connectivity index (χ3v) is 1.74. The van der Waals surface area contributed by atoms with Crippen LogP contribution in [0, 0.1) is 0 Å².